The van der Waals surface area contributed by atoms with Gasteiger partial charge in [-0.3, -0.25) is 4.31 Å². The standard InChI is InChI=1S/C23H25NO4S/c1-17-8-7-10-19(12-17)16-24(20-13-21(27-3)15-22(14-20)28-4)29(25,26)23-11-6-5-9-18(23)2/h5-15H,16H2,1-4H3. The fraction of sp³-hybridized carbons (Fsp3) is 0.217. The zero-order valence-corrected chi connectivity index (χ0v) is 17.9. The van der Waals surface area contributed by atoms with Gasteiger partial charge in [0, 0.05) is 18.2 Å². The number of methoxy groups -OCH3 is 2. The van der Waals surface area contributed by atoms with Crippen LogP contribution in [0, 0.1) is 13.8 Å². The molecule has 0 aliphatic rings. The summed E-state index contributed by atoms with van der Waals surface area (Å²) in [6, 6.07) is 19.9. The Hall–Kier alpha value is -2.99. The molecule has 3 rings (SSSR count). The normalized spacial score (nSPS) is 11.2. The lowest BCUT2D eigenvalue weighted by molar-refractivity contribution is 0.394. The van der Waals surface area contributed by atoms with Gasteiger partial charge in [0.2, 0.25) is 0 Å². The molecule has 0 saturated carbocycles. The van der Waals surface area contributed by atoms with E-state index in [4.69, 9.17) is 9.47 Å². The molecule has 0 aromatic heterocycles. The van der Waals surface area contributed by atoms with Crippen molar-refractivity contribution in [2.75, 3.05) is 18.5 Å². The van der Waals surface area contributed by atoms with Gasteiger partial charge in [0.15, 0.2) is 0 Å². The van der Waals surface area contributed by atoms with Gasteiger partial charge in [0.1, 0.15) is 11.5 Å². The molecule has 0 unspecified atom stereocenters. The number of benzene rings is 3. The average Bonchev–Trinajstić information content (AvgIpc) is 2.71. The first-order valence-corrected chi connectivity index (χ1v) is 10.7. The van der Waals surface area contributed by atoms with Gasteiger partial charge in [-0.15, -0.1) is 0 Å². The van der Waals surface area contributed by atoms with Crippen LogP contribution in [0.5, 0.6) is 11.5 Å². The van der Waals surface area contributed by atoms with Gasteiger partial charge in [-0.25, -0.2) is 8.42 Å². The fourth-order valence-electron chi connectivity index (χ4n) is 3.19. The van der Waals surface area contributed by atoms with Crippen LogP contribution >= 0.6 is 0 Å². The summed E-state index contributed by atoms with van der Waals surface area (Å²) in [6.07, 6.45) is 0. The maximum absolute atomic E-state index is 13.7. The maximum atomic E-state index is 13.7. The van der Waals surface area contributed by atoms with Crippen LogP contribution < -0.4 is 13.8 Å². The second-order valence-corrected chi connectivity index (χ2v) is 8.67. The lowest BCUT2D eigenvalue weighted by atomic mass is 10.1. The molecule has 29 heavy (non-hydrogen) atoms. The van der Waals surface area contributed by atoms with Gasteiger partial charge in [0.25, 0.3) is 10.0 Å². The molecule has 0 atom stereocenters. The highest BCUT2D eigenvalue weighted by molar-refractivity contribution is 7.92. The van der Waals surface area contributed by atoms with Crippen LogP contribution in [0.4, 0.5) is 5.69 Å². The van der Waals surface area contributed by atoms with Crippen molar-refractivity contribution in [2.45, 2.75) is 25.3 Å². The van der Waals surface area contributed by atoms with Crippen molar-refractivity contribution in [3.05, 3.63) is 83.4 Å². The second kappa shape index (κ2) is 8.57. The number of aryl methyl sites for hydroxylation is 2. The van der Waals surface area contributed by atoms with E-state index in [0.717, 1.165) is 11.1 Å². The summed E-state index contributed by atoms with van der Waals surface area (Å²) in [5.41, 5.74) is 3.13. The third-order valence-electron chi connectivity index (χ3n) is 4.69. The van der Waals surface area contributed by atoms with E-state index in [1.165, 1.54) is 4.31 Å². The first-order chi connectivity index (χ1) is 13.8. The Balaban J connectivity index is 2.18. The predicted octanol–water partition coefficient (Wildman–Crippen LogP) is 4.72. The first kappa shape index (κ1) is 20.7. The van der Waals surface area contributed by atoms with Crippen LogP contribution in [0.2, 0.25) is 0 Å². The highest BCUT2D eigenvalue weighted by atomic mass is 32.2. The zero-order valence-electron chi connectivity index (χ0n) is 17.0. The van der Waals surface area contributed by atoms with Crippen LogP contribution in [0.25, 0.3) is 0 Å². The summed E-state index contributed by atoms with van der Waals surface area (Å²) >= 11 is 0. The van der Waals surface area contributed by atoms with E-state index in [9.17, 15) is 8.42 Å². The van der Waals surface area contributed by atoms with Crippen LogP contribution in [0.15, 0.2) is 71.6 Å². The Morgan fingerprint density at radius 2 is 1.48 bits per heavy atom. The van der Waals surface area contributed by atoms with Gasteiger partial charge in [0.05, 0.1) is 31.3 Å². The lowest BCUT2D eigenvalue weighted by Gasteiger charge is -2.26. The van der Waals surface area contributed by atoms with Gasteiger partial charge in [-0.1, -0.05) is 48.0 Å². The fourth-order valence-corrected chi connectivity index (χ4v) is 4.86. The summed E-state index contributed by atoms with van der Waals surface area (Å²) in [5.74, 6) is 1.04. The topological polar surface area (TPSA) is 55.8 Å². The number of nitrogens with zero attached hydrogens (tertiary/aromatic N) is 1. The van der Waals surface area contributed by atoms with Crippen molar-refractivity contribution in [2.24, 2.45) is 0 Å². The summed E-state index contributed by atoms with van der Waals surface area (Å²) < 4.78 is 39.5. The molecular weight excluding hydrogens is 386 g/mol. The van der Waals surface area contributed by atoms with E-state index in [2.05, 4.69) is 0 Å². The number of sulfonamides is 1. The Bertz CT molecular complexity index is 1090. The van der Waals surface area contributed by atoms with Crippen LogP contribution in [-0.4, -0.2) is 22.6 Å². The Morgan fingerprint density at radius 1 is 0.828 bits per heavy atom. The van der Waals surface area contributed by atoms with E-state index >= 15 is 0 Å². The van der Waals surface area contributed by atoms with Crippen molar-refractivity contribution in [1.82, 2.24) is 0 Å². The van der Waals surface area contributed by atoms with E-state index in [1.807, 2.05) is 37.3 Å². The molecule has 0 spiro atoms. The molecule has 0 heterocycles. The van der Waals surface area contributed by atoms with Crippen molar-refractivity contribution >= 4 is 15.7 Å². The van der Waals surface area contributed by atoms with E-state index in [-0.39, 0.29) is 11.4 Å². The molecule has 0 aliphatic heterocycles. The maximum Gasteiger partial charge on any atom is 0.264 e. The molecule has 0 aliphatic carbocycles. The minimum atomic E-state index is -3.82. The Morgan fingerprint density at radius 3 is 2.07 bits per heavy atom. The number of anilines is 1. The number of hydrogen-bond donors (Lipinski definition) is 0. The molecular formula is C23H25NO4S. The Kier molecular flexibility index (Phi) is 6.13. The quantitative estimate of drug-likeness (QED) is 0.565. The van der Waals surface area contributed by atoms with Crippen LogP contribution in [-0.2, 0) is 16.6 Å². The second-order valence-electron chi connectivity index (χ2n) is 6.84. The molecule has 152 valence electrons. The van der Waals surface area contributed by atoms with Crippen LogP contribution in [0.1, 0.15) is 16.7 Å². The molecule has 3 aromatic carbocycles. The average molecular weight is 412 g/mol. The molecule has 0 bridgehead atoms. The highest BCUT2D eigenvalue weighted by Gasteiger charge is 2.27. The van der Waals surface area contributed by atoms with Crippen molar-refractivity contribution < 1.29 is 17.9 Å². The monoisotopic (exact) mass is 411 g/mol. The summed E-state index contributed by atoms with van der Waals surface area (Å²) in [7, 11) is -0.742. The molecule has 5 nitrogen and oxygen atoms in total. The van der Waals surface area contributed by atoms with E-state index in [0.29, 0.717) is 22.7 Å². The molecule has 0 saturated heterocycles. The SMILES string of the molecule is COc1cc(OC)cc(N(Cc2cccc(C)c2)S(=O)(=O)c2ccccc2C)c1. The third-order valence-corrected chi connectivity index (χ3v) is 6.63. The van der Waals surface area contributed by atoms with E-state index in [1.54, 1.807) is 57.5 Å². The summed E-state index contributed by atoms with van der Waals surface area (Å²) in [4.78, 5) is 0.273. The van der Waals surface area contributed by atoms with Crippen molar-refractivity contribution in [3.63, 3.8) is 0 Å². The Labute approximate surface area is 172 Å². The highest BCUT2D eigenvalue weighted by Crippen LogP contribution is 2.33. The predicted molar refractivity (Wildman–Crippen MR) is 115 cm³/mol. The zero-order chi connectivity index (χ0) is 21.0. The molecule has 6 heteroatoms. The van der Waals surface area contributed by atoms with E-state index < -0.39 is 10.0 Å². The van der Waals surface area contributed by atoms with Crippen LogP contribution in [0.3, 0.4) is 0 Å². The number of ether oxygens (including phenoxy) is 2. The van der Waals surface area contributed by atoms with Gasteiger partial charge in [-0.05, 0) is 31.0 Å². The van der Waals surface area contributed by atoms with Crippen molar-refractivity contribution in [3.8, 4) is 11.5 Å². The largest absolute Gasteiger partial charge is 0.497 e. The van der Waals surface area contributed by atoms with Crippen molar-refractivity contribution in [1.29, 1.82) is 0 Å². The summed E-state index contributed by atoms with van der Waals surface area (Å²) in [6.45, 7) is 3.97. The molecule has 3 aromatic rings. The minimum Gasteiger partial charge on any atom is -0.497 e. The molecule has 0 radical (unpaired) electrons. The number of rotatable bonds is 7. The minimum absolute atomic E-state index is 0.189. The smallest absolute Gasteiger partial charge is 0.264 e. The third kappa shape index (κ3) is 4.54. The lowest BCUT2D eigenvalue weighted by Crippen LogP contribution is -2.31. The number of hydrogen-bond acceptors (Lipinski definition) is 4. The molecule has 0 amide bonds. The molecule has 0 N–H and O–H groups in total. The van der Waals surface area contributed by atoms with Gasteiger partial charge in [-0.2, -0.15) is 0 Å². The molecule has 0 fully saturated rings. The summed E-state index contributed by atoms with van der Waals surface area (Å²) in [5, 5.41) is 0. The van der Waals surface area contributed by atoms with Gasteiger partial charge >= 0.3 is 0 Å². The first-order valence-electron chi connectivity index (χ1n) is 9.22. The van der Waals surface area contributed by atoms with Gasteiger partial charge < -0.3 is 9.47 Å².